The summed E-state index contributed by atoms with van der Waals surface area (Å²) in [6.45, 7) is 0.149. The van der Waals surface area contributed by atoms with Crippen LogP contribution in [-0.4, -0.2) is 37.5 Å². The largest absolute Gasteiger partial charge is 0.573 e. The van der Waals surface area contributed by atoms with E-state index in [9.17, 15) is 44.3 Å². The molecule has 0 heterocycles. The predicted molar refractivity (Wildman–Crippen MR) is 129 cm³/mol. The fourth-order valence-electron chi connectivity index (χ4n) is 4.12. The predicted octanol–water partition coefficient (Wildman–Crippen LogP) is 7.26. The van der Waals surface area contributed by atoms with Crippen molar-refractivity contribution in [1.82, 2.24) is 10.6 Å². The van der Waals surface area contributed by atoms with E-state index in [1.54, 1.807) is 35.6 Å². The van der Waals surface area contributed by atoms with Crippen molar-refractivity contribution in [2.75, 3.05) is 6.54 Å². The van der Waals surface area contributed by atoms with Crippen LogP contribution in [0.3, 0.4) is 0 Å². The molecule has 2 N–H and O–H groups in total. The average molecular weight is 594 g/mol. The van der Waals surface area contributed by atoms with E-state index in [0.717, 1.165) is 24.3 Å². The Bertz CT molecular complexity index is 1250. The Balaban J connectivity index is 2.18. The van der Waals surface area contributed by atoms with Crippen molar-refractivity contribution in [2.24, 2.45) is 0 Å². The number of rotatable bonds is 9. The molecule has 2 amide bonds. The standard InChI is InChI=1S/C27H23F9N2O3/c1-17(25(28,29)30)38-23(39)37-16-24(15-18-7-3-2-4-8-18,19-9-5-11-21(13-19)40-26(31,32)33)20-10-6-12-22(14-20)41-27(34,35)36/h2-14,17H,15-16H2,1H3,(H2,37,38,39). The first-order chi connectivity index (χ1) is 19.0. The lowest BCUT2D eigenvalue weighted by Gasteiger charge is -2.36. The fraction of sp³-hybridized carbons (Fsp3) is 0.296. The molecular weight excluding hydrogens is 571 g/mol. The molecule has 0 fully saturated rings. The third kappa shape index (κ3) is 9.22. The van der Waals surface area contributed by atoms with Crippen molar-refractivity contribution in [3.05, 3.63) is 95.6 Å². The maximum absolute atomic E-state index is 13.0. The van der Waals surface area contributed by atoms with Gasteiger partial charge in [0.05, 0.1) is 0 Å². The first kappa shape index (κ1) is 31.4. The number of carbonyl (C=O) groups is 1. The van der Waals surface area contributed by atoms with E-state index in [1.165, 1.54) is 24.3 Å². The van der Waals surface area contributed by atoms with Crippen LogP contribution in [0.1, 0.15) is 23.6 Å². The van der Waals surface area contributed by atoms with Gasteiger partial charge >= 0.3 is 24.9 Å². The van der Waals surface area contributed by atoms with Gasteiger partial charge in [0.15, 0.2) is 0 Å². The second-order valence-corrected chi connectivity index (χ2v) is 8.99. The van der Waals surface area contributed by atoms with Gasteiger partial charge in [-0.05, 0) is 54.3 Å². The molecule has 0 saturated carbocycles. The summed E-state index contributed by atoms with van der Waals surface area (Å²) in [5.41, 5.74) is -0.980. The van der Waals surface area contributed by atoms with Crippen molar-refractivity contribution in [3.8, 4) is 11.5 Å². The van der Waals surface area contributed by atoms with Gasteiger partial charge in [0.2, 0.25) is 0 Å². The molecular formula is C27H23F9N2O3. The average Bonchev–Trinajstić information content (AvgIpc) is 2.85. The number of nitrogens with one attached hydrogen (secondary N) is 2. The molecule has 0 bridgehead atoms. The van der Waals surface area contributed by atoms with E-state index in [4.69, 9.17) is 0 Å². The second kappa shape index (κ2) is 12.2. The molecule has 1 atom stereocenters. The molecule has 3 aromatic carbocycles. The summed E-state index contributed by atoms with van der Waals surface area (Å²) in [7, 11) is 0. The summed E-state index contributed by atoms with van der Waals surface area (Å²) >= 11 is 0. The number of urea groups is 1. The van der Waals surface area contributed by atoms with E-state index in [1.807, 2.05) is 0 Å². The Morgan fingerprint density at radius 3 is 1.66 bits per heavy atom. The minimum atomic E-state index is -5.08. The van der Waals surface area contributed by atoms with Gasteiger partial charge in [-0.3, -0.25) is 0 Å². The van der Waals surface area contributed by atoms with Gasteiger partial charge in [-0.15, -0.1) is 26.3 Å². The number of amides is 2. The molecule has 0 aliphatic rings. The molecule has 5 nitrogen and oxygen atoms in total. The smallest absolute Gasteiger partial charge is 0.406 e. The highest BCUT2D eigenvalue weighted by Crippen LogP contribution is 2.40. The van der Waals surface area contributed by atoms with Crippen LogP contribution in [0.4, 0.5) is 44.3 Å². The monoisotopic (exact) mass is 594 g/mol. The molecule has 3 rings (SSSR count). The quantitative estimate of drug-likeness (QED) is 0.257. The zero-order valence-electron chi connectivity index (χ0n) is 21.1. The van der Waals surface area contributed by atoms with Crippen molar-refractivity contribution in [3.63, 3.8) is 0 Å². The van der Waals surface area contributed by atoms with Gasteiger partial charge < -0.3 is 20.1 Å². The van der Waals surface area contributed by atoms with Gasteiger partial charge in [-0.25, -0.2) is 4.79 Å². The van der Waals surface area contributed by atoms with E-state index in [2.05, 4.69) is 14.8 Å². The maximum Gasteiger partial charge on any atom is 0.573 e. The number of hydrogen-bond acceptors (Lipinski definition) is 3. The molecule has 41 heavy (non-hydrogen) atoms. The molecule has 14 heteroatoms. The highest BCUT2D eigenvalue weighted by Gasteiger charge is 2.40. The molecule has 0 saturated heterocycles. The van der Waals surface area contributed by atoms with Crippen molar-refractivity contribution >= 4 is 6.03 Å². The van der Waals surface area contributed by atoms with Crippen LogP contribution >= 0.6 is 0 Å². The van der Waals surface area contributed by atoms with Crippen LogP contribution in [0.2, 0.25) is 0 Å². The molecule has 0 spiro atoms. The van der Waals surface area contributed by atoms with Gasteiger partial charge in [0, 0.05) is 12.0 Å². The number of carbonyl (C=O) groups excluding carboxylic acids is 1. The Kier molecular flexibility index (Phi) is 9.34. The number of halogens is 9. The third-order valence-electron chi connectivity index (χ3n) is 5.98. The Hall–Kier alpha value is -4.10. The topological polar surface area (TPSA) is 59.6 Å². The normalized spacial score (nSPS) is 13.3. The van der Waals surface area contributed by atoms with Gasteiger partial charge in [-0.2, -0.15) is 13.2 Å². The van der Waals surface area contributed by atoms with Gasteiger partial charge in [0.1, 0.15) is 17.5 Å². The van der Waals surface area contributed by atoms with E-state index in [-0.39, 0.29) is 17.5 Å². The highest BCUT2D eigenvalue weighted by molar-refractivity contribution is 5.74. The first-order valence-corrected chi connectivity index (χ1v) is 11.8. The lowest BCUT2D eigenvalue weighted by atomic mass is 9.70. The molecule has 0 radical (unpaired) electrons. The zero-order chi connectivity index (χ0) is 30.5. The first-order valence-electron chi connectivity index (χ1n) is 11.8. The Morgan fingerprint density at radius 2 is 1.22 bits per heavy atom. The molecule has 0 aromatic heterocycles. The number of benzene rings is 3. The third-order valence-corrected chi connectivity index (χ3v) is 5.98. The molecule has 0 aliphatic heterocycles. The fourth-order valence-corrected chi connectivity index (χ4v) is 4.12. The summed E-state index contributed by atoms with van der Waals surface area (Å²) in [4.78, 5) is 12.5. The Labute approximate surface area is 228 Å². The van der Waals surface area contributed by atoms with Crippen LogP contribution in [0.5, 0.6) is 11.5 Å². The van der Waals surface area contributed by atoms with Crippen LogP contribution in [0.15, 0.2) is 78.9 Å². The van der Waals surface area contributed by atoms with E-state index < -0.39 is 54.4 Å². The molecule has 0 aliphatic carbocycles. The van der Waals surface area contributed by atoms with E-state index >= 15 is 0 Å². The highest BCUT2D eigenvalue weighted by atomic mass is 19.4. The summed E-state index contributed by atoms with van der Waals surface area (Å²) in [6.07, 6.45) is -15.0. The maximum atomic E-state index is 13.0. The van der Waals surface area contributed by atoms with Crippen LogP contribution < -0.4 is 20.1 Å². The van der Waals surface area contributed by atoms with Crippen molar-refractivity contribution < 1.29 is 53.8 Å². The second-order valence-electron chi connectivity index (χ2n) is 8.99. The van der Waals surface area contributed by atoms with Crippen LogP contribution in [0, 0.1) is 0 Å². The summed E-state index contributed by atoms with van der Waals surface area (Å²) < 4.78 is 125. The lowest BCUT2D eigenvalue weighted by molar-refractivity contribution is -0.275. The minimum absolute atomic E-state index is 0.0523. The summed E-state index contributed by atoms with van der Waals surface area (Å²) in [6, 6.07) is 13.8. The minimum Gasteiger partial charge on any atom is -0.406 e. The summed E-state index contributed by atoms with van der Waals surface area (Å²) in [5, 5.41) is 4.03. The SMILES string of the molecule is CC(NC(=O)NCC(Cc1ccccc1)(c1cccc(OC(F)(F)F)c1)c1cccc(OC(F)(F)F)c1)C(F)(F)F. The molecule has 3 aromatic rings. The molecule has 222 valence electrons. The number of ether oxygens (including phenoxy) is 2. The van der Waals surface area contributed by atoms with Crippen molar-refractivity contribution in [2.45, 2.75) is 43.7 Å². The van der Waals surface area contributed by atoms with Crippen LogP contribution in [-0.2, 0) is 11.8 Å². The van der Waals surface area contributed by atoms with Crippen LogP contribution in [0.25, 0.3) is 0 Å². The van der Waals surface area contributed by atoms with Gasteiger partial charge in [0.25, 0.3) is 0 Å². The number of alkyl halides is 9. The lowest BCUT2D eigenvalue weighted by Crippen LogP contribution is -2.51. The number of hydrogen-bond donors (Lipinski definition) is 2. The van der Waals surface area contributed by atoms with Gasteiger partial charge in [-0.1, -0.05) is 54.6 Å². The van der Waals surface area contributed by atoms with Crippen molar-refractivity contribution in [1.29, 1.82) is 0 Å². The Morgan fingerprint density at radius 1 is 0.732 bits per heavy atom. The molecule has 1 unspecified atom stereocenters. The summed E-state index contributed by atoms with van der Waals surface area (Å²) in [5.74, 6) is -1.32. The zero-order valence-corrected chi connectivity index (χ0v) is 21.1. The van der Waals surface area contributed by atoms with E-state index in [0.29, 0.717) is 12.5 Å².